The SMILES string of the molecule is CC(C)(O)C1(c2ccc(Cl)c(Cl)c2)COC1. The van der Waals surface area contributed by atoms with Gasteiger partial charge in [0.2, 0.25) is 0 Å². The van der Waals surface area contributed by atoms with Gasteiger partial charge in [0.25, 0.3) is 0 Å². The van der Waals surface area contributed by atoms with Crippen LogP contribution in [0.15, 0.2) is 18.2 Å². The van der Waals surface area contributed by atoms with Crippen molar-refractivity contribution in [3.05, 3.63) is 33.8 Å². The second-order valence-electron chi connectivity index (χ2n) is 4.76. The summed E-state index contributed by atoms with van der Waals surface area (Å²) in [5.74, 6) is 0. The summed E-state index contributed by atoms with van der Waals surface area (Å²) in [6.07, 6.45) is 0. The zero-order chi connectivity index (χ0) is 12.0. The van der Waals surface area contributed by atoms with E-state index in [4.69, 9.17) is 27.9 Å². The van der Waals surface area contributed by atoms with E-state index in [1.54, 1.807) is 19.9 Å². The van der Waals surface area contributed by atoms with Gasteiger partial charge in [-0.05, 0) is 31.5 Å². The minimum absolute atomic E-state index is 0.374. The lowest BCUT2D eigenvalue weighted by atomic mass is 9.67. The zero-order valence-corrected chi connectivity index (χ0v) is 10.8. The molecule has 0 bridgehead atoms. The normalized spacial score (nSPS) is 19.3. The zero-order valence-electron chi connectivity index (χ0n) is 9.26. The predicted octanol–water partition coefficient (Wildman–Crippen LogP) is 3.03. The molecule has 2 nitrogen and oxygen atoms in total. The van der Waals surface area contributed by atoms with Crippen molar-refractivity contribution in [3.63, 3.8) is 0 Å². The van der Waals surface area contributed by atoms with Crippen LogP contribution in [0.5, 0.6) is 0 Å². The van der Waals surface area contributed by atoms with Gasteiger partial charge in [-0.2, -0.15) is 0 Å². The van der Waals surface area contributed by atoms with Crippen LogP contribution in [0.3, 0.4) is 0 Å². The van der Waals surface area contributed by atoms with E-state index in [0.717, 1.165) is 5.56 Å². The third kappa shape index (κ3) is 1.74. The molecule has 4 heteroatoms. The van der Waals surface area contributed by atoms with Crippen molar-refractivity contribution in [3.8, 4) is 0 Å². The quantitative estimate of drug-likeness (QED) is 0.886. The molecule has 0 aliphatic carbocycles. The van der Waals surface area contributed by atoms with Gasteiger partial charge in [-0.15, -0.1) is 0 Å². The van der Waals surface area contributed by atoms with E-state index in [-0.39, 0.29) is 5.41 Å². The van der Waals surface area contributed by atoms with Crippen LogP contribution >= 0.6 is 23.2 Å². The van der Waals surface area contributed by atoms with Crippen LogP contribution in [0, 0.1) is 0 Å². The largest absolute Gasteiger partial charge is 0.389 e. The summed E-state index contributed by atoms with van der Waals surface area (Å²) >= 11 is 11.9. The van der Waals surface area contributed by atoms with E-state index in [2.05, 4.69) is 0 Å². The Morgan fingerprint density at radius 1 is 1.25 bits per heavy atom. The van der Waals surface area contributed by atoms with Crippen LogP contribution in [0.1, 0.15) is 19.4 Å². The molecule has 1 aliphatic rings. The lowest BCUT2D eigenvalue weighted by Gasteiger charge is -2.50. The molecule has 1 heterocycles. The van der Waals surface area contributed by atoms with E-state index < -0.39 is 5.60 Å². The number of hydrogen-bond acceptors (Lipinski definition) is 2. The van der Waals surface area contributed by atoms with Gasteiger partial charge in [0.05, 0.1) is 34.3 Å². The molecule has 1 aliphatic heterocycles. The molecule has 0 spiro atoms. The first-order valence-electron chi connectivity index (χ1n) is 5.12. The lowest BCUT2D eigenvalue weighted by molar-refractivity contribution is -0.157. The smallest absolute Gasteiger partial charge is 0.0732 e. The molecule has 0 unspecified atom stereocenters. The molecule has 88 valence electrons. The Hall–Kier alpha value is -0.280. The summed E-state index contributed by atoms with van der Waals surface area (Å²) in [4.78, 5) is 0. The maximum atomic E-state index is 10.2. The molecular weight excluding hydrogens is 247 g/mol. The van der Waals surface area contributed by atoms with E-state index in [9.17, 15) is 5.11 Å². The van der Waals surface area contributed by atoms with Gasteiger partial charge in [0.15, 0.2) is 0 Å². The molecule has 1 aromatic carbocycles. The summed E-state index contributed by atoms with van der Waals surface area (Å²) in [5, 5.41) is 11.3. The Morgan fingerprint density at radius 3 is 2.25 bits per heavy atom. The van der Waals surface area contributed by atoms with Gasteiger partial charge in [-0.25, -0.2) is 0 Å². The second-order valence-corrected chi connectivity index (χ2v) is 5.58. The molecular formula is C12H14Cl2O2. The monoisotopic (exact) mass is 260 g/mol. The van der Waals surface area contributed by atoms with Crippen LogP contribution in [-0.4, -0.2) is 23.9 Å². The van der Waals surface area contributed by atoms with Crippen molar-refractivity contribution in [1.29, 1.82) is 0 Å². The molecule has 0 saturated carbocycles. The summed E-state index contributed by atoms with van der Waals surface area (Å²) in [5.41, 5.74) is -0.246. The first kappa shape index (κ1) is 12.2. The Kier molecular flexibility index (Phi) is 2.96. The van der Waals surface area contributed by atoms with Crippen LogP contribution in [0.4, 0.5) is 0 Å². The van der Waals surface area contributed by atoms with E-state index in [0.29, 0.717) is 23.3 Å². The number of hydrogen-bond donors (Lipinski definition) is 1. The van der Waals surface area contributed by atoms with Crippen molar-refractivity contribution < 1.29 is 9.84 Å². The topological polar surface area (TPSA) is 29.5 Å². The fourth-order valence-electron chi connectivity index (χ4n) is 1.97. The summed E-state index contributed by atoms with van der Waals surface area (Å²) < 4.78 is 5.25. The lowest BCUT2D eigenvalue weighted by Crippen LogP contribution is -2.60. The molecule has 16 heavy (non-hydrogen) atoms. The Bertz CT molecular complexity index is 406. The van der Waals surface area contributed by atoms with E-state index >= 15 is 0 Å². The standard InChI is InChI=1S/C12H14Cl2O2/c1-11(2,15)12(6-16-7-12)8-3-4-9(13)10(14)5-8/h3-5,15H,6-7H2,1-2H3. The highest BCUT2D eigenvalue weighted by Crippen LogP contribution is 2.43. The average molecular weight is 261 g/mol. The van der Waals surface area contributed by atoms with Crippen LogP contribution in [-0.2, 0) is 10.2 Å². The molecule has 0 radical (unpaired) electrons. The highest BCUT2D eigenvalue weighted by Gasteiger charge is 2.51. The second kappa shape index (κ2) is 3.88. The van der Waals surface area contributed by atoms with Gasteiger partial charge in [-0.1, -0.05) is 29.3 Å². The van der Waals surface area contributed by atoms with Gasteiger partial charge < -0.3 is 9.84 Å². The summed E-state index contributed by atoms with van der Waals surface area (Å²) in [6, 6.07) is 5.46. The van der Waals surface area contributed by atoms with Gasteiger partial charge in [0, 0.05) is 0 Å². The van der Waals surface area contributed by atoms with Crippen molar-refractivity contribution >= 4 is 23.2 Å². The maximum absolute atomic E-state index is 10.2. The third-order valence-electron chi connectivity index (χ3n) is 3.34. The first-order valence-corrected chi connectivity index (χ1v) is 5.88. The molecule has 2 rings (SSSR count). The van der Waals surface area contributed by atoms with Gasteiger partial charge in [-0.3, -0.25) is 0 Å². The fraction of sp³-hybridized carbons (Fsp3) is 0.500. The summed E-state index contributed by atoms with van der Waals surface area (Å²) in [7, 11) is 0. The maximum Gasteiger partial charge on any atom is 0.0732 e. The van der Waals surface area contributed by atoms with Crippen molar-refractivity contribution in [2.24, 2.45) is 0 Å². The van der Waals surface area contributed by atoms with Gasteiger partial charge in [0.1, 0.15) is 0 Å². The minimum atomic E-state index is -0.845. The number of aliphatic hydroxyl groups is 1. The van der Waals surface area contributed by atoms with E-state index in [1.165, 1.54) is 0 Å². The molecule has 0 amide bonds. The van der Waals surface area contributed by atoms with Crippen LogP contribution in [0.2, 0.25) is 10.0 Å². The molecule has 1 fully saturated rings. The minimum Gasteiger partial charge on any atom is -0.389 e. The van der Waals surface area contributed by atoms with Crippen molar-refractivity contribution in [2.45, 2.75) is 24.9 Å². The molecule has 1 N–H and O–H groups in total. The fourth-order valence-corrected chi connectivity index (χ4v) is 2.27. The third-order valence-corrected chi connectivity index (χ3v) is 4.08. The van der Waals surface area contributed by atoms with Crippen molar-refractivity contribution in [1.82, 2.24) is 0 Å². The summed E-state index contributed by atoms with van der Waals surface area (Å²) in [6.45, 7) is 4.60. The number of benzene rings is 1. The van der Waals surface area contributed by atoms with E-state index in [1.807, 2.05) is 12.1 Å². The molecule has 0 aromatic heterocycles. The highest BCUT2D eigenvalue weighted by molar-refractivity contribution is 6.42. The van der Waals surface area contributed by atoms with Gasteiger partial charge >= 0.3 is 0 Å². The molecule has 0 atom stereocenters. The first-order chi connectivity index (χ1) is 7.37. The average Bonchev–Trinajstić information content (AvgIpc) is 2.06. The van der Waals surface area contributed by atoms with Crippen LogP contribution in [0.25, 0.3) is 0 Å². The molecule has 1 aromatic rings. The number of rotatable bonds is 2. The Balaban J connectivity index is 2.45. The van der Waals surface area contributed by atoms with Crippen molar-refractivity contribution in [2.75, 3.05) is 13.2 Å². The molecule has 1 saturated heterocycles. The van der Waals surface area contributed by atoms with Crippen LogP contribution < -0.4 is 0 Å². The number of ether oxygens (including phenoxy) is 1. The predicted molar refractivity (Wildman–Crippen MR) is 65.3 cm³/mol. The Labute approximate surface area is 105 Å². The Morgan fingerprint density at radius 2 is 1.88 bits per heavy atom. The number of halogens is 2. The highest BCUT2D eigenvalue weighted by atomic mass is 35.5.